The lowest BCUT2D eigenvalue weighted by Gasteiger charge is -2.23. The number of ketones is 1. The first-order chi connectivity index (χ1) is 13.9. The van der Waals surface area contributed by atoms with Crippen LogP contribution in [0.15, 0.2) is 60.2 Å². The van der Waals surface area contributed by atoms with Gasteiger partial charge in [-0.2, -0.15) is 0 Å². The molecule has 1 atom stereocenters. The van der Waals surface area contributed by atoms with Crippen molar-refractivity contribution >= 4 is 45.5 Å². The van der Waals surface area contributed by atoms with Gasteiger partial charge in [0.15, 0.2) is 5.13 Å². The van der Waals surface area contributed by atoms with E-state index in [-0.39, 0.29) is 11.3 Å². The fraction of sp³-hybridized carbons (Fsp3) is 0.136. The summed E-state index contributed by atoms with van der Waals surface area (Å²) < 4.78 is 0. The number of nitrogens with zero attached hydrogens (tertiary/aromatic N) is 2. The molecule has 29 heavy (non-hydrogen) atoms. The van der Waals surface area contributed by atoms with Crippen LogP contribution in [0.2, 0.25) is 5.02 Å². The summed E-state index contributed by atoms with van der Waals surface area (Å²) in [4.78, 5) is 32.8. The number of rotatable bonds is 3. The number of benzene rings is 2. The van der Waals surface area contributed by atoms with E-state index in [9.17, 15) is 14.7 Å². The number of aliphatic hydroxyl groups excluding tert-OH is 1. The van der Waals surface area contributed by atoms with Gasteiger partial charge < -0.3 is 5.11 Å². The van der Waals surface area contributed by atoms with Crippen LogP contribution in [0.3, 0.4) is 0 Å². The van der Waals surface area contributed by atoms with Gasteiger partial charge >= 0.3 is 5.91 Å². The number of amides is 1. The molecule has 1 N–H and O–H groups in total. The number of hydrogen-bond donors (Lipinski definition) is 1. The molecule has 4 rings (SSSR count). The van der Waals surface area contributed by atoms with Crippen LogP contribution in [0.1, 0.15) is 27.7 Å². The van der Waals surface area contributed by atoms with Gasteiger partial charge in [-0.25, -0.2) is 4.98 Å². The second-order valence-electron chi connectivity index (χ2n) is 6.73. The highest BCUT2D eigenvalue weighted by atomic mass is 35.5. The van der Waals surface area contributed by atoms with E-state index >= 15 is 0 Å². The Morgan fingerprint density at radius 3 is 2.45 bits per heavy atom. The molecule has 1 aliphatic rings. The third-order valence-electron chi connectivity index (χ3n) is 4.88. The summed E-state index contributed by atoms with van der Waals surface area (Å²) in [7, 11) is 0. The van der Waals surface area contributed by atoms with Crippen molar-refractivity contribution < 1.29 is 14.7 Å². The van der Waals surface area contributed by atoms with Crippen molar-refractivity contribution in [2.45, 2.75) is 19.9 Å². The Morgan fingerprint density at radius 2 is 1.83 bits per heavy atom. The Labute approximate surface area is 176 Å². The third kappa shape index (κ3) is 3.34. The molecule has 0 bridgehead atoms. The summed E-state index contributed by atoms with van der Waals surface area (Å²) in [5.74, 6) is -1.69. The highest BCUT2D eigenvalue weighted by Gasteiger charge is 2.48. The molecule has 0 unspecified atom stereocenters. The van der Waals surface area contributed by atoms with E-state index in [1.54, 1.807) is 48.5 Å². The van der Waals surface area contributed by atoms with Gasteiger partial charge in [0, 0.05) is 15.5 Å². The second-order valence-corrected chi connectivity index (χ2v) is 8.35. The van der Waals surface area contributed by atoms with E-state index in [0.29, 0.717) is 21.3 Å². The van der Waals surface area contributed by atoms with Gasteiger partial charge in [0.1, 0.15) is 5.76 Å². The Balaban J connectivity index is 1.97. The molecule has 0 spiro atoms. The topological polar surface area (TPSA) is 70.5 Å². The van der Waals surface area contributed by atoms with Crippen LogP contribution < -0.4 is 4.90 Å². The number of thiazole rings is 1. The lowest BCUT2D eigenvalue weighted by Crippen LogP contribution is -2.29. The summed E-state index contributed by atoms with van der Waals surface area (Å²) in [6.45, 7) is 3.76. The molecule has 1 aliphatic heterocycles. The monoisotopic (exact) mass is 424 g/mol. The van der Waals surface area contributed by atoms with Gasteiger partial charge in [-0.1, -0.05) is 54.1 Å². The SMILES string of the molecule is Cc1nc(N2C(=O)C(=O)C(=C(O)c3ccccc3)[C@H]2c2cccc(Cl)c2)sc1C. The van der Waals surface area contributed by atoms with E-state index in [1.807, 2.05) is 19.9 Å². The third-order valence-corrected chi connectivity index (χ3v) is 6.19. The number of aryl methyl sites for hydroxylation is 2. The van der Waals surface area contributed by atoms with Crippen LogP contribution in [0.5, 0.6) is 0 Å². The predicted octanol–water partition coefficient (Wildman–Crippen LogP) is 5.04. The molecule has 1 fully saturated rings. The summed E-state index contributed by atoms with van der Waals surface area (Å²) in [5, 5.41) is 11.9. The van der Waals surface area contributed by atoms with Crippen molar-refractivity contribution in [2.24, 2.45) is 0 Å². The minimum absolute atomic E-state index is 0.0222. The molecule has 3 aromatic rings. The van der Waals surface area contributed by atoms with Crippen molar-refractivity contribution in [3.05, 3.63) is 86.9 Å². The molecule has 1 aromatic heterocycles. The Kier molecular flexibility index (Phi) is 4.98. The zero-order chi connectivity index (χ0) is 20.7. The number of anilines is 1. The highest BCUT2D eigenvalue weighted by molar-refractivity contribution is 7.16. The molecule has 1 saturated heterocycles. The van der Waals surface area contributed by atoms with E-state index in [2.05, 4.69) is 4.98 Å². The highest BCUT2D eigenvalue weighted by Crippen LogP contribution is 2.44. The molecule has 7 heteroatoms. The molecular formula is C22H17ClN2O3S. The van der Waals surface area contributed by atoms with Crippen LogP contribution in [-0.4, -0.2) is 21.8 Å². The van der Waals surface area contributed by atoms with E-state index in [4.69, 9.17) is 11.6 Å². The first kappa shape index (κ1) is 19.4. The zero-order valence-corrected chi connectivity index (χ0v) is 17.3. The molecular weight excluding hydrogens is 408 g/mol. The standard InChI is InChI=1S/C22H17ClN2O3S/c1-12-13(2)29-22(24-12)25-18(15-9-6-10-16(23)11-15)17(20(27)21(25)28)19(26)14-7-4-3-5-8-14/h3-11,18,26H,1-2H3/t18-/m1/s1. The average Bonchev–Trinajstić information content (AvgIpc) is 3.18. The van der Waals surface area contributed by atoms with Crippen LogP contribution >= 0.6 is 22.9 Å². The van der Waals surface area contributed by atoms with Crippen LogP contribution in [0, 0.1) is 13.8 Å². The maximum absolute atomic E-state index is 13.0. The van der Waals surface area contributed by atoms with E-state index in [0.717, 1.165) is 10.6 Å². The molecule has 146 valence electrons. The van der Waals surface area contributed by atoms with Gasteiger partial charge in [-0.15, -0.1) is 11.3 Å². The van der Waals surface area contributed by atoms with Gasteiger partial charge in [-0.05, 0) is 31.5 Å². The molecule has 0 aliphatic carbocycles. The Hall–Kier alpha value is -2.96. The van der Waals surface area contributed by atoms with Gasteiger partial charge in [0.2, 0.25) is 0 Å². The van der Waals surface area contributed by atoms with Crippen molar-refractivity contribution in [1.82, 2.24) is 4.98 Å². The van der Waals surface area contributed by atoms with E-state index in [1.165, 1.54) is 16.2 Å². The smallest absolute Gasteiger partial charge is 0.301 e. The van der Waals surface area contributed by atoms with Crippen LogP contribution in [-0.2, 0) is 9.59 Å². The van der Waals surface area contributed by atoms with Gasteiger partial charge in [0.05, 0.1) is 17.3 Å². The lowest BCUT2D eigenvalue weighted by molar-refractivity contribution is -0.132. The normalized spacial score (nSPS) is 18.4. The minimum atomic E-state index is -0.821. The van der Waals surface area contributed by atoms with Crippen LogP contribution in [0.4, 0.5) is 5.13 Å². The summed E-state index contributed by atoms with van der Waals surface area (Å²) >= 11 is 7.52. The van der Waals surface area contributed by atoms with Crippen molar-refractivity contribution in [3.8, 4) is 0 Å². The van der Waals surface area contributed by atoms with Crippen LogP contribution in [0.25, 0.3) is 5.76 Å². The first-order valence-electron chi connectivity index (χ1n) is 8.94. The Bertz CT molecular complexity index is 1130. The molecule has 2 heterocycles. The second kappa shape index (κ2) is 7.46. The first-order valence-corrected chi connectivity index (χ1v) is 10.1. The van der Waals surface area contributed by atoms with Crippen molar-refractivity contribution in [3.63, 3.8) is 0 Å². The average molecular weight is 425 g/mol. The van der Waals surface area contributed by atoms with Gasteiger partial charge in [-0.3, -0.25) is 14.5 Å². The summed E-state index contributed by atoms with van der Waals surface area (Å²) in [5.41, 5.74) is 1.90. The lowest BCUT2D eigenvalue weighted by atomic mass is 9.95. The number of hydrogen-bond acceptors (Lipinski definition) is 5. The fourth-order valence-corrected chi connectivity index (χ4v) is 4.47. The Morgan fingerprint density at radius 1 is 1.10 bits per heavy atom. The van der Waals surface area contributed by atoms with E-state index < -0.39 is 17.7 Å². The molecule has 2 aromatic carbocycles. The zero-order valence-electron chi connectivity index (χ0n) is 15.7. The number of halogens is 1. The maximum Gasteiger partial charge on any atom is 0.301 e. The number of carbonyl (C=O) groups is 2. The maximum atomic E-state index is 13.0. The number of aliphatic hydroxyl groups is 1. The number of carbonyl (C=O) groups excluding carboxylic acids is 2. The minimum Gasteiger partial charge on any atom is -0.507 e. The largest absolute Gasteiger partial charge is 0.507 e. The molecule has 0 saturated carbocycles. The number of aromatic nitrogens is 1. The fourth-order valence-electron chi connectivity index (χ4n) is 3.33. The van der Waals surface area contributed by atoms with Crippen molar-refractivity contribution in [1.29, 1.82) is 0 Å². The van der Waals surface area contributed by atoms with Gasteiger partial charge in [0.25, 0.3) is 5.78 Å². The summed E-state index contributed by atoms with van der Waals surface area (Å²) in [6.07, 6.45) is 0. The quantitative estimate of drug-likeness (QED) is 0.363. The molecule has 1 amide bonds. The van der Waals surface area contributed by atoms with Crippen molar-refractivity contribution in [2.75, 3.05) is 4.90 Å². The predicted molar refractivity (Wildman–Crippen MR) is 114 cm³/mol. The molecule has 5 nitrogen and oxygen atoms in total. The summed E-state index contributed by atoms with van der Waals surface area (Å²) in [6, 6.07) is 14.8. The molecule has 0 radical (unpaired) electrons. The number of Topliss-reactive ketones (excluding diaryl/α,β-unsaturated/α-hetero) is 1.